The number of alkyl halides is 1. The molecule has 0 bridgehead atoms. The first-order valence-corrected chi connectivity index (χ1v) is 13.6. The van der Waals surface area contributed by atoms with Crippen LogP contribution in [0.1, 0.15) is 36.1 Å². The van der Waals surface area contributed by atoms with Crippen molar-refractivity contribution in [3.05, 3.63) is 113 Å². The van der Waals surface area contributed by atoms with Crippen molar-refractivity contribution in [1.82, 2.24) is 0 Å². The molecule has 0 N–H and O–H groups in total. The maximum Gasteiger partial charge on any atom is 0.206 e. The van der Waals surface area contributed by atoms with E-state index in [2.05, 4.69) is 51.1 Å². The van der Waals surface area contributed by atoms with E-state index in [1.54, 1.807) is 36.4 Å². The molecule has 0 saturated carbocycles. The standard InChI is InChI=1S/C30H29ClO4S/c1-21-5-7-23(8-6-21)30(2,3)24-9-18-29(22(19-24)20-31)35-26-12-16-28(17-13-26)36(32,33)27-14-10-25(34-4)11-15-27/h5-19H,20H2,1-4H3. The monoisotopic (exact) mass is 520 g/mol. The van der Waals surface area contributed by atoms with Gasteiger partial charge in [-0.25, -0.2) is 8.42 Å². The Morgan fingerprint density at radius 2 is 1.28 bits per heavy atom. The summed E-state index contributed by atoms with van der Waals surface area (Å²) in [6.07, 6.45) is 0. The molecule has 0 aliphatic rings. The van der Waals surface area contributed by atoms with Gasteiger partial charge in [-0.3, -0.25) is 0 Å². The Kier molecular flexibility index (Phi) is 7.43. The van der Waals surface area contributed by atoms with Crippen molar-refractivity contribution in [3.8, 4) is 17.2 Å². The highest BCUT2D eigenvalue weighted by atomic mass is 35.5. The lowest BCUT2D eigenvalue weighted by molar-refractivity contribution is 0.414. The van der Waals surface area contributed by atoms with E-state index >= 15 is 0 Å². The Balaban J connectivity index is 1.56. The topological polar surface area (TPSA) is 52.6 Å². The van der Waals surface area contributed by atoms with Gasteiger partial charge in [0.2, 0.25) is 9.84 Å². The van der Waals surface area contributed by atoms with Crippen LogP contribution in [0, 0.1) is 6.92 Å². The lowest BCUT2D eigenvalue weighted by Gasteiger charge is -2.27. The first-order chi connectivity index (χ1) is 17.1. The minimum absolute atomic E-state index is 0.188. The summed E-state index contributed by atoms with van der Waals surface area (Å²) in [6.45, 7) is 6.45. The summed E-state index contributed by atoms with van der Waals surface area (Å²) in [6, 6.07) is 27.3. The van der Waals surface area contributed by atoms with Gasteiger partial charge in [-0.05, 0) is 78.7 Å². The normalized spacial score (nSPS) is 11.8. The van der Waals surface area contributed by atoms with E-state index in [-0.39, 0.29) is 21.1 Å². The van der Waals surface area contributed by atoms with Crippen LogP contribution in [0.5, 0.6) is 17.2 Å². The highest BCUT2D eigenvalue weighted by Crippen LogP contribution is 2.36. The second-order valence-corrected chi connectivity index (χ2v) is 11.4. The number of ether oxygens (including phenoxy) is 2. The quantitative estimate of drug-likeness (QED) is 0.223. The molecular weight excluding hydrogens is 492 g/mol. The van der Waals surface area contributed by atoms with Crippen LogP contribution in [0.2, 0.25) is 0 Å². The molecule has 0 aliphatic carbocycles. The van der Waals surface area contributed by atoms with Gasteiger partial charge >= 0.3 is 0 Å². The first kappa shape index (κ1) is 25.8. The average Bonchev–Trinajstić information content (AvgIpc) is 2.89. The van der Waals surface area contributed by atoms with Gasteiger partial charge in [0.25, 0.3) is 0 Å². The summed E-state index contributed by atoms with van der Waals surface area (Å²) < 4.78 is 37.2. The van der Waals surface area contributed by atoms with E-state index in [1.165, 1.54) is 30.4 Å². The van der Waals surface area contributed by atoms with Crippen LogP contribution in [0.15, 0.2) is 101 Å². The summed E-state index contributed by atoms with van der Waals surface area (Å²) in [5.74, 6) is 2.05. The number of halogens is 1. The minimum atomic E-state index is -3.65. The molecule has 6 heteroatoms. The van der Waals surface area contributed by atoms with Gasteiger partial charge in [0.05, 0.1) is 22.8 Å². The second kappa shape index (κ2) is 10.4. The highest BCUT2D eigenvalue weighted by molar-refractivity contribution is 7.91. The molecule has 0 aromatic heterocycles. The lowest BCUT2D eigenvalue weighted by atomic mass is 9.77. The summed E-state index contributed by atoms with van der Waals surface area (Å²) in [7, 11) is -2.11. The van der Waals surface area contributed by atoms with Crippen molar-refractivity contribution in [2.24, 2.45) is 0 Å². The molecule has 0 spiro atoms. The van der Waals surface area contributed by atoms with Crippen molar-refractivity contribution in [2.45, 2.75) is 41.9 Å². The zero-order valence-electron chi connectivity index (χ0n) is 20.8. The predicted molar refractivity (Wildman–Crippen MR) is 144 cm³/mol. The molecule has 186 valence electrons. The molecule has 0 fully saturated rings. The van der Waals surface area contributed by atoms with Gasteiger partial charge in [0.15, 0.2) is 0 Å². The van der Waals surface area contributed by atoms with Crippen molar-refractivity contribution in [2.75, 3.05) is 7.11 Å². The summed E-state index contributed by atoms with van der Waals surface area (Å²) >= 11 is 6.29. The van der Waals surface area contributed by atoms with E-state index in [1.807, 2.05) is 12.1 Å². The molecule has 0 atom stereocenters. The molecule has 0 saturated heterocycles. The van der Waals surface area contributed by atoms with Crippen LogP contribution in [0.3, 0.4) is 0 Å². The molecular formula is C30H29ClO4S. The van der Waals surface area contributed by atoms with Crippen LogP contribution >= 0.6 is 11.6 Å². The van der Waals surface area contributed by atoms with E-state index in [4.69, 9.17) is 21.1 Å². The van der Waals surface area contributed by atoms with Crippen LogP contribution < -0.4 is 9.47 Å². The van der Waals surface area contributed by atoms with Crippen molar-refractivity contribution >= 4 is 21.4 Å². The smallest absolute Gasteiger partial charge is 0.206 e. The minimum Gasteiger partial charge on any atom is -0.497 e. The average molecular weight is 521 g/mol. The number of hydrogen-bond acceptors (Lipinski definition) is 4. The van der Waals surface area contributed by atoms with E-state index in [9.17, 15) is 8.42 Å². The Morgan fingerprint density at radius 3 is 1.81 bits per heavy atom. The maximum absolute atomic E-state index is 13.0. The Hall–Kier alpha value is -3.28. The maximum atomic E-state index is 13.0. The molecule has 0 unspecified atom stereocenters. The Labute approximate surface area is 218 Å². The predicted octanol–water partition coefficient (Wildman–Crippen LogP) is 7.69. The van der Waals surface area contributed by atoms with Crippen molar-refractivity contribution < 1.29 is 17.9 Å². The number of hydrogen-bond donors (Lipinski definition) is 0. The molecule has 4 nitrogen and oxygen atoms in total. The van der Waals surface area contributed by atoms with E-state index in [0.717, 1.165) is 11.1 Å². The van der Waals surface area contributed by atoms with Gasteiger partial charge < -0.3 is 9.47 Å². The number of aryl methyl sites for hydroxylation is 1. The molecule has 0 aliphatic heterocycles. The van der Waals surface area contributed by atoms with Gasteiger partial charge in [-0.1, -0.05) is 49.7 Å². The van der Waals surface area contributed by atoms with Gasteiger partial charge in [-0.15, -0.1) is 11.6 Å². The molecule has 0 radical (unpaired) electrons. The Bertz CT molecular complexity index is 1440. The van der Waals surface area contributed by atoms with Gasteiger partial charge in [0.1, 0.15) is 17.2 Å². The zero-order chi connectivity index (χ0) is 25.9. The fourth-order valence-corrected chi connectivity index (χ4v) is 5.48. The fourth-order valence-electron chi connectivity index (χ4n) is 4.01. The summed E-state index contributed by atoms with van der Waals surface area (Å²) in [5, 5.41) is 0. The van der Waals surface area contributed by atoms with Gasteiger partial charge in [-0.2, -0.15) is 0 Å². The molecule has 4 aromatic carbocycles. The van der Waals surface area contributed by atoms with E-state index in [0.29, 0.717) is 17.2 Å². The van der Waals surface area contributed by atoms with Gasteiger partial charge in [0, 0.05) is 11.0 Å². The third-order valence-electron chi connectivity index (χ3n) is 6.43. The molecule has 0 amide bonds. The molecule has 4 aromatic rings. The molecule has 36 heavy (non-hydrogen) atoms. The number of sulfone groups is 1. The van der Waals surface area contributed by atoms with E-state index < -0.39 is 9.84 Å². The third kappa shape index (κ3) is 5.28. The SMILES string of the molecule is COc1ccc(S(=O)(=O)c2ccc(Oc3ccc(C(C)(C)c4ccc(C)cc4)cc3CCl)cc2)cc1. The third-order valence-corrected chi connectivity index (χ3v) is 8.50. The van der Waals surface area contributed by atoms with Crippen molar-refractivity contribution in [1.29, 1.82) is 0 Å². The second-order valence-electron chi connectivity index (χ2n) is 9.20. The van der Waals surface area contributed by atoms with Crippen LogP contribution in [0.25, 0.3) is 0 Å². The highest BCUT2D eigenvalue weighted by Gasteiger charge is 2.24. The van der Waals surface area contributed by atoms with Crippen LogP contribution in [0.4, 0.5) is 0 Å². The van der Waals surface area contributed by atoms with Crippen LogP contribution in [-0.2, 0) is 21.1 Å². The lowest BCUT2D eigenvalue weighted by Crippen LogP contribution is -2.19. The largest absolute Gasteiger partial charge is 0.497 e. The first-order valence-electron chi connectivity index (χ1n) is 11.6. The number of benzene rings is 4. The molecule has 4 rings (SSSR count). The summed E-state index contributed by atoms with van der Waals surface area (Å²) in [5.41, 5.74) is 4.24. The fraction of sp³-hybridized carbons (Fsp3) is 0.200. The van der Waals surface area contributed by atoms with Crippen LogP contribution in [-0.4, -0.2) is 15.5 Å². The summed E-state index contributed by atoms with van der Waals surface area (Å²) in [4.78, 5) is 0.390. The molecule has 0 heterocycles. The number of methoxy groups -OCH3 is 1. The van der Waals surface area contributed by atoms with Crippen molar-refractivity contribution in [3.63, 3.8) is 0 Å². The Morgan fingerprint density at radius 1 is 0.750 bits per heavy atom. The number of rotatable bonds is 8. The zero-order valence-corrected chi connectivity index (χ0v) is 22.4.